The van der Waals surface area contributed by atoms with Crippen LogP contribution in [0.15, 0.2) is 76.5 Å². The number of aryl methyl sites for hydroxylation is 1. The fourth-order valence-electron chi connectivity index (χ4n) is 2.70. The summed E-state index contributed by atoms with van der Waals surface area (Å²) in [5.41, 5.74) is -0.0473. The third kappa shape index (κ3) is 5.01. The van der Waals surface area contributed by atoms with Crippen LogP contribution in [0.4, 0.5) is 15.8 Å². The van der Waals surface area contributed by atoms with Gasteiger partial charge >= 0.3 is 5.97 Å². The van der Waals surface area contributed by atoms with Crippen LogP contribution >= 0.6 is 0 Å². The van der Waals surface area contributed by atoms with Gasteiger partial charge in [0.25, 0.3) is 20.0 Å². The number of benzene rings is 3. The zero-order valence-corrected chi connectivity index (χ0v) is 17.7. The van der Waals surface area contributed by atoms with Crippen molar-refractivity contribution in [1.29, 1.82) is 0 Å². The summed E-state index contributed by atoms with van der Waals surface area (Å²) in [7, 11) is -8.37. The average molecular weight is 464 g/mol. The van der Waals surface area contributed by atoms with Crippen molar-refractivity contribution in [2.45, 2.75) is 16.7 Å². The number of carbonyl (C=O) groups is 1. The standard InChI is InChI=1S/C20H17FN2O6S2/c1-13-6-7-14(20(24)25)12-19(13)31(28,29)23-18-5-3-2-4-17(18)22-30(26,27)16-10-8-15(21)9-11-16/h2-12,22-23H,1H3,(H,24,25). The maximum atomic E-state index is 13.1. The SMILES string of the molecule is Cc1ccc(C(=O)O)cc1S(=O)(=O)Nc1ccccc1NS(=O)(=O)c1ccc(F)cc1. The summed E-state index contributed by atoms with van der Waals surface area (Å²) in [6, 6.07) is 13.5. The maximum Gasteiger partial charge on any atom is 0.335 e. The van der Waals surface area contributed by atoms with Crippen LogP contribution in [0.5, 0.6) is 0 Å². The van der Waals surface area contributed by atoms with Crippen molar-refractivity contribution in [2.75, 3.05) is 9.44 Å². The van der Waals surface area contributed by atoms with Gasteiger partial charge in [-0.05, 0) is 61.0 Å². The summed E-state index contributed by atoms with van der Waals surface area (Å²) in [6.07, 6.45) is 0. The van der Waals surface area contributed by atoms with E-state index in [1.165, 1.54) is 43.3 Å². The molecule has 0 aliphatic rings. The molecule has 8 nitrogen and oxygen atoms in total. The number of carboxylic acids is 1. The third-order valence-electron chi connectivity index (χ3n) is 4.26. The quantitative estimate of drug-likeness (QED) is 0.491. The van der Waals surface area contributed by atoms with Gasteiger partial charge in [0.2, 0.25) is 0 Å². The van der Waals surface area contributed by atoms with E-state index in [0.717, 1.165) is 30.3 Å². The molecular weight excluding hydrogens is 447 g/mol. The molecule has 0 atom stereocenters. The molecule has 3 N–H and O–H groups in total. The number of para-hydroxylation sites is 2. The Bertz CT molecular complexity index is 1350. The largest absolute Gasteiger partial charge is 0.478 e. The van der Waals surface area contributed by atoms with Crippen LogP contribution in [0, 0.1) is 12.7 Å². The number of hydrogen-bond acceptors (Lipinski definition) is 5. The lowest BCUT2D eigenvalue weighted by molar-refractivity contribution is 0.0696. The highest BCUT2D eigenvalue weighted by Crippen LogP contribution is 2.28. The first kappa shape index (κ1) is 22.2. The number of rotatable bonds is 7. The predicted octanol–water partition coefficient (Wildman–Crippen LogP) is 3.43. The number of anilines is 2. The van der Waals surface area contributed by atoms with E-state index < -0.39 is 31.8 Å². The molecule has 162 valence electrons. The summed E-state index contributed by atoms with van der Waals surface area (Å²) in [6.45, 7) is 1.50. The first-order valence-electron chi connectivity index (χ1n) is 8.74. The average Bonchev–Trinajstić information content (AvgIpc) is 2.69. The van der Waals surface area contributed by atoms with Gasteiger partial charge in [0.05, 0.1) is 26.7 Å². The van der Waals surface area contributed by atoms with Crippen LogP contribution in [-0.4, -0.2) is 27.9 Å². The predicted molar refractivity (Wildman–Crippen MR) is 113 cm³/mol. The highest BCUT2D eigenvalue weighted by atomic mass is 32.2. The lowest BCUT2D eigenvalue weighted by atomic mass is 10.1. The molecule has 3 rings (SSSR count). The van der Waals surface area contributed by atoms with E-state index >= 15 is 0 Å². The molecule has 0 unspecified atom stereocenters. The molecule has 0 bridgehead atoms. The van der Waals surface area contributed by atoms with Gasteiger partial charge in [-0.1, -0.05) is 18.2 Å². The second-order valence-corrected chi connectivity index (χ2v) is 9.83. The normalized spacial score (nSPS) is 11.7. The van der Waals surface area contributed by atoms with Crippen molar-refractivity contribution < 1.29 is 31.1 Å². The van der Waals surface area contributed by atoms with Gasteiger partial charge in [0.1, 0.15) is 5.82 Å². The van der Waals surface area contributed by atoms with Crippen LogP contribution in [0.1, 0.15) is 15.9 Å². The van der Waals surface area contributed by atoms with Gasteiger partial charge in [-0.3, -0.25) is 9.44 Å². The summed E-state index contributed by atoms with van der Waals surface area (Å²) >= 11 is 0. The van der Waals surface area contributed by atoms with E-state index in [1.807, 2.05) is 0 Å². The van der Waals surface area contributed by atoms with Gasteiger partial charge in [-0.25, -0.2) is 26.0 Å². The summed E-state index contributed by atoms with van der Waals surface area (Å²) in [5, 5.41) is 9.14. The summed E-state index contributed by atoms with van der Waals surface area (Å²) < 4.78 is 68.6. The minimum atomic E-state index is -4.25. The van der Waals surface area contributed by atoms with Crippen molar-refractivity contribution in [3.63, 3.8) is 0 Å². The smallest absolute Gasteiger partial charge is 0.335 e. The van der Waals surface area contributed by atoms with Crippen LogP contribution in [-0.2, 0) is 20.0 Å². The first-order chi connectivity index (χ1) is 14.5. The number of aromatic carboxylic acids is 1. The van der Waals surface area contributed by atoms with E-state index in [0.29, 0.717) is 5.56 Å². The van der Waals surface area contributed by atoms with Gasteiger partial charge < -0.3 is 5.11 Å². The zero-order chi connectivity index (χ0) is 22.8. The molecule has 0 spiro atoms. The highest BCUT2D eigenvalue weighted by molar-refractivity contribution is 7.93. The molecule has 0 saturated heterocycles. The molecule has 11 heteroatoms. The van der Waals surface area contributed by atoms with E-state index in [9.17, 15) is 26.0 Å². The number of carboxylic acid groups (broad SMARTS) is 1. The fourth-order valence-corrected chi connectivity index (χ4v) is 5.13. The lowest BCUT2D eigenvalue weighted by Crippen LogP contribution is -2.18. The van der Waals surface area contributed by atoms with Gasteiger partial charge in [0.15, 0.2) is 0 Å². The van der Waals surface area contributed by atoms with E-state index in [4.69, 9.17) is 5.11 Å². The Labute approximate surface area is 178 Å². The number of nitrogens with one attached hydrogen (secondary N) is 2. The minimum Gasteiger partial charge on any atom is -0.478 e. The fraction of sp³-hybridized carbons (Fsp3) is 0.0500. The van der Waals surface area contributed by atoms with Crippen LogP contribution in [0.25, 0.3) is 0 Å². The molecule has 0 aromatic heterocycles. The Morgan fingerprint density at radius 3 is 1.94 bits per heavy atom. The molecule has 0 saturated carbocycles. The van der Waals surface area contributed by atoms with E-state index in [-0.39, 0.29) is 26.7 Å². The summed E-state index contributed by atoms with van der Waals surface area (Å²) in [5.74, 6) is -1.89. The number of halogens is 1. The Morgan fingerprint density at radius 1 is 0.839 bits per heavy atom. The molecule has 0 radical (unpaired) electrons. The van der Waals surface area contributed by atoms with Crippen molar-refractivity contribution >= 4 is 37.4 Å². The number of hydrogen-bond donors (Lipinski definition) is 3. The lowest BCUT2D eigenvalue weighted by Gasteiger charge is -2.15. The Kier molecular flexibility index (Phi) is 6.00. The molecule has 0 fully saturated rings. The Hall–Kier alpha value is -3.44. The molecular formula is C20H17FN2O6S2. The van der Waals surface area contributed by atoms with Crippen LogP contribution in [0.2, 0.25) is 0 Å². The summed E-state index contributed by atoms with van der Waals surface area (Å²) in [4.78, 5) is 10.7. The Balaban J connectivity index is 1.96. The molecule has 3 aromatic carbocycles. The molecule has 0 aliphatic heterocycles. The van der Waals surface area contributed by atoms with Crippen LogP contribution < -0.4 is 9.44 Å². The van der Waals surface area contributed by atoms with Crippen molar-refractivity contribution in [1.82, 2.24) is 0 Å². The topological polar surface area (TPSA) is 130 Å². The second kappa shape index (κ2) is 8.36. The van der Waals surface area contributed by atoms with E-state index in [2.05, 4.69) is 9.44 Å². The molecule has 0 aliphatic carbocycles. The molecule has 3 aromatic rings. The molecule has 0 heterocycles. The highest BCUT2D eigenvalue weighted by Gasteiger charge is 2.22. The molecule has 0 amide bonds. The monoisotopic (exact) mass is 464 g/mol. The van der Waals surface area contributed by atoms with Crippen molar-refractivity contribution in [3.8, 4) is 0 Å². The third-order valence-corrected chi connectivity index (χ3v) is 7.15. The zero-order valence-electron chi connectivity index (χ0n) is 16.0. The van der Waals surface area contributed by atoms with E-state index in [1.54, 1.807) is 0 Å². The Morgan fingerprint density at radius 2 is 1.39 bits per heavy atom. The second-order valence-electron chi connectivity index (χ2n) is 6.50. The van der Waals surface area contributed by atoms with Crippen molar-refractivity contribution in [2.24, 2.45) is 0 Å². The minimum absolute atomic E-state index is 0.0672. The van der Waals surface area contributed by atoms with Crippen molar-refractivity contribution in [3.05, 3.63) is 83.7 Å². The van der Waals surface area contributed by atoms with Gasteiger partial charge in [-0.15, -0.1) is 0 Å². The van der Waals surface area contributed by atoms with Crippen LogP contribution in [0.3, 0.4) is 0 Å². The van der Waals surface area contributed by atoms with Gasteiger partial charge in [0, 0.05) is 0 Å². The maximum absolute atomic E-state index is 13.1. The first-order valence-corrected chi connectivity index (χ1v) is 11.7. The van der Waals surface area contributed by atoms with Gasteiger partial charge in [-0.2, -0.15) is 0 Å². The number of sulfonamides is 2. The molecule has 31 heavy (non-hydrogen) atoms.